The highest BCUT2D eigenvalue weighted by Gasteiger charge is 2.40. The molecule has 0 saturated heterocycles. The van der Waals surface area contributed by atoms with E-state index in [0.717, 1.165) is 17.2 Å². The fourth-order valence-electron chi connectivity index (χ4n) is 2.86. The smallest absolute Gasteiger partial charge is 0.250 e. The average Bonchev–Trinajstić information content (AvgIpc) is 2.83. The first-order valence-corrected chi connectivity index (χ1v) is 20.9. The maximum absolute atomic E-state index is 13.3. The molecule has 3 aromatic rings. The summed E-state index contributed by atoms with van der Waals surface area (Å²) in [5.74, 6) is 0.482. The third kappa shape index (κ3) is 11.5. The van der Waals surface area contributed by atoms with Crippen LogP contribution in [0.25, 0.3) is 0 Å². The van der Waals surface area contributed by atoms with Gasteiger partial charge >= 0.3 is 0 Å². The van der Waals surface area contributed by atoms with Crippen LogP contribution in [0.5, 0.6) is 17.2 Å². The highest BCUT2D eigenvalue weighted by molar-refractivity contribution is 9.08. The first kappa shape index (κ1) is 37.8. The van der Waals surface area contributed by atoms with Gasteiger partial charge in [0.15, 0.2) is 0 Å². The minimum atomic E-state index is -1.90. The van der Waals surface area contributed by atoms with E-state index in [-0.39, 0.29) is 27.5 Å². The summed E-state index contributed by atoms with van der Waals surface area (Å²) in [7, 11) is -3.77. The summed E-state index contributed by atoms with van der Waals surface area (Å²) in [4.78, 5) is 0. The van der Waals surface area contributed by atoms with Gasteiger partial charge in [0, 0.05) is 29.1 Å². The fourth-order valence-corrected chi connectivity index (χ4v) is 5.44. The topological polar surface area (TPSA) is 38.7 Å². The van der Waals surface area contributed by atoms with Crippen LogP contribution in [-0.2, 0) is 5.33 Å². The van der Waals surface area contributed by atoms with Gasteiger partial charge in [-0.05, 0) is 79.4 Å². The second kappa shape index (κ2) is 15.0. The van der Waals surface area contributed by atoms with Gasteiger partial charge in [-0.1, -0.05) is 75.7 Å². The van der Waals surface area contributed by atoms with Crippen molar-refractivity contribution in [3.63, 3.8) is 0 Å². The number of hydrogen-bond acceptors (Lipinski definition) is 3. The van der Waals surface area contributed by atoms with Crippen LogP contribution in [-0.4, -0.2) is 21.7 Å². The number of phenolic OH excluding ortho intramolecular Hbond substituents is 1. The van der Waals surface area contributed by atoms with Crippen molar-refractivity contribution in [2.75, 3.05) is 0 Å². The summed E-state index contributed by atoms with van der Waals surface area (Å²) >= 11 is 3.40. The Bertz CT molecular complexity index is 1320. The van der Waals surface area contributed by atoms with Crippen molar-refractivity contribution in [3.05, 3.63) is 88.7 Å². The standard InChI is InChI=1S/C13H20BrFOSi.C13H21FOSi.C7H7FO/c1-13(2,3)17(4,5)16-12-8-11(15)7-6-10(12)9-14;1-10-7-8-11(14)9-12(10)15-16(5,6)13(2,3)4;1-5-2-3-6(8)4-7(5)9/h6-8H,9H2,1-5H3;7-9H,1-6H3;2-4,9H,1H3. The molecule has 0 fully saturated rings. The second-order valence-corrected chi connectivity index (χ2v) is 23.5. The summed E-state index contributed by atoms with van der Waals surface area (Å²) < 4.78 is 50.8. The number of halogens is 4. The number of phenols is 1. The minimum absolute atomic E-state index is 0.00926. The van der Waals surface area contributed by atoms with Gasteiger partial charge in [0.25, 0.3) is 0 Å². The van der Waals surface area contributed by atoms with Gasteiger partial charge in [-0.15, -0.1) is 0 Å². The minimum Gasteiger partial charge on any atom is -0.543 e. The van der Waals surface area contributed by atoms with E-state index in [1.807, 2.05) is 6.92 Å². The van der Waals surface area contributed by atoms with Crippen molar-refractivity contribution in [2.24, 2.45) is 0 Å². The molecule has 0 saturated carbocycles. The summed E-state index contributed by atoms with van der Waals surface area (Å²) in [6, 6.07) is 13.4. The third-order valence-corrected chi connectivity index (χ3v) is 17.1. The molecule has 3 nitrogen and oxygen atoms in total. The zero-order chi connectivity index (χ0) is 32.7. The van der Waals surface area contributed by atoms with Crippen molar-refractivity contribution >= 4 is 32.6 Å². The Balaban J connectivity index is 0.000000329. The molecule has 0 unspecified atom stereocenters. The maximum Gasteiger partial charge on any atom is 0.250 e. The number of aromatic hydroxyl groups is 1. The predicted octanol–water partition coefficient (Wildman–Crippen LogP) is 11.5. The number of rotatable bonds is 5. The molecule has 234 valence electrons. The Morgan fingerprint density at radius 2 is 1.02 bits per heavy atom. The zero-order valence-corrected chi connectivity index (χ0v) is 30.8. The highest BCUT2D eigenvalue weighted by atomic mass is 79.9. The van der Waals surface area contributed by atoms with Gasteiger partial charge in [-0.2, -0.15) is 0 Å². The van der Waals surface area contributed by atoms with Crippen LogP contribution >= 0.6 is 15.9 Å². The molecule has 0 aliphatic carbocycles. The van der Waals surface area contributed by atoms with Crippen molar-refractivity contribution in [3.8, 4) is 17.2 Å². The lowest BCUT2D eigenvalue weighted by Crippen LogP contribution is -2.44. The van der Waals surface area contributed by atoms with Crippen LogP contribution in [0.15, 0.2) is 54.6 Å². The van der Waals surface area contributed by atoms with E-state index in [4.69, 9.17) is 14.0 Å². The average molecular weight is 686 g/mol. The van der Waals surface area contributed by atoms with Gasteiger partial charge in [-0.3, -0.25) is 0 Å². The number of benzene rings is 3. The summed E-state index contributed by atoms with van der Waals surface area (Å²) in [6.07, 6.45) is 0. The first-order valence-electron chi connectivity index (χ1n) is 13.9. The Labute approximate surface area is 261 Å². The predicted molar refractivity (Wildman–Crippen MR) is 179 cm³/mol. The number of alkyl halides is 1. The molecule has 0 atom stereocenters. The molecule has 0 spiro atoms. The van der Waals surface area contributed by atoms with Gasteiger partial charge in [0.05, 0.1) is 0 Å². The second-order valence-electron chi connectivity index (χ2n) is 13.5. The van der Waals surface area contributed by atoms with Crippen LogP contribution in [0.2, 0.25) is 36.3 Å². The van der Waals surface area contributed by atoms with E-state index in [1.165, 1.54) is 36.4 Å². The molecule has 3 rings (SSSR count). The molecule has 0 amide bonds. The highest BCUT2D eigenvalue weighted by Crippen LogP contribution is 2.39. The number of hydrogen-bond donors (Lipinski definition) is 1. The molecule has 0 bridgehead atoms. The summed E-state index contributed by atoms with van der Waals surface area (Å²) in [5, 5.41) is 9.78. The molecule has 0 aromatic heterocycles. The Morgan fingerprint density at radius 3 is 1.43 bits per heavy atom. The first-order chi connectivity index (χ1) is 19.0. The van der Waals surface area contributed by atoms with E-state index in [2.05, 4.69) is 83.7 Å². The molecule has 0 heterocycles. The quantitative estimate of drug-likeness (QED) is 0.215. The Morgan fingerprint density at radius 1 is 0.643 bits per heavy atom. The molecular formula is C33H48BrF3O3Si2. The van der Waals surface area contributed by atoms with E-state index in [9.17, 15) is 13.2 Å². The monoisotopic (exact) mass is 684 g/mol. The van der Waals surface area contributed by atoms with Crippen LogP contribution in [0.3, 0.4) is 0 Å². The Hall–Kier alpha value is -2.24. The molecule has 0 aliphatic heterocycles. The normalized spacial score (nSPS) is 12.0. The van der Waals surface area contributed by atoms with E-state index < -0.39 is 22.5 Å². The van der Waals surface area contributed by atoms with Gasteiger partial charge in [-0.25, -0.2) is 13.2 Å². The van der Waals surface area contributed by atoms with Gasteiger partial charge in [0.2, 0.25) is 16.6 Å². The SMILES string of the molecule is CC(C)(C)[Si](C)(C)Oc1cc(F)ccc1CBr.Cc1ccc(F)cc1O.Cc1ccc(F)cc1O[Si](C)(C)C(C)(C)C. The van der Waals surface area contributed by atoms with Crippen molar-refractivity contribution in [1.82, 2.24) is 0 Å². The zero-order valence-electron chi connectivity index (χ0n) is 27.2. The molecule has 42 heavy (non-hydrogen) atoms. The third-order valence-electron chi connectivity index (χ3n) is 7.84. The fraction of sp³-hybridized carbons (Fsp3) is 0.455. The summed E-state index contributed by atoms with van der Waals surface area (Å²) in [6.45, 7) is 25.4. The van der Waals surface area contributed by atoms with E-state index in [0.29, 0.717) is 22.4 Å². The summed E-state index contributed by atoms with van der Waals surface area (Å²) in [5.41, 5.74) is 2.68. The lowest BCUT2D eigenvalue weighted by atomic mass is 10.2. The Kier molecular flexibility index (Phi) is 13.5. The molecular weight excluding hydrogens is 637 g/mol. The van der Waals surface area contributed by atoms with Crippen LogP contribution in [0.4, 0.5) is 13.2 Å². The van der Waals surface area contributed by atoms with E-state index in [1.54, 1.807) is 19.1 Å². The van der Waals surface area contributed by atoms with Crippen molar-refractivity contribution in [1.29, 1.82) is 0 Å². The largest absolute Gasteiger partial charge is 0.543 e. The van der Waals surface area contributed by atoms with Gasteiger partial charge < -0.3 is 14.0 Å². The lowest BCUT2D eigenvalue weighted by Gasteiger charge is -2.37. The van der Waals surface area contributed by atoms with Crippen LogP contribution in [0.1, 0.15) is 58.2 Å². The van der Waals surface area contributed by atoms with Crippen molar-refractivity contribution in [2.45, 2.75) is 97.0 Å². The van der Waals surface area contributed by atoms with Crippen LogP contribution < -0.4 is 8.85 Å². The number of aryl methyl sites for hydroxylation is 2. The molecule has 1 N–H and O–H groups in total. The molecule has 3 aromatic carbocycles. The van der Waals surface area contributed by atoms with Crippen molar-refractivity contribution < 1.29 is 27.1 Å². The maximum atomic E-state index is 13.3. The van der Waals surface area contributed by atoms with Gasteiger partial charge in [0.1, 0.15) is 34.7 Å². The molecule has 0 aliphatic rings. The molecule has 0 radical (unpaired) electrons. The van der Waals surface area contributed by atoms with Crippen LogP contribution in [0, 0.1) is 31.3 Å². The molecule has 9 heteroatoms. The lowest BCUT2D eigenvalue weighted by molar-refractivity contribution is 0.465. The van der Waals surface area contributed by atoms with E-state index >= 15 is 0 Å².